The first-order chi connectivity index (χ1) is 9.15. The van der Waals surface area contributed by atoms with Gasteiger partial charge in [0.25, 0.3) is 0 Å². The van der Waals surface area contributed by atoms with E-state index in [1.807, 2.05) is 32.0 Å². The molecule has 0 saturated carbocycles. The number of nitrogens with one attached hydrogen (secondary N) is 2. The SMILES string of the molecule is Cc1cnc(-c2cccc(Cl)c2-c2ncc(C)[nH]2)[nH]1. The number of aryl methyl sites for hydroxylation is 2. The van der Waals surface area contributed by atoms with Crippen LogP contribution in [0.15, 0.2) is 30.6 Å². The second-order valence-electron chi connectivity index (χ2n) is 4.49. The second-order valence-corrected chi connectivity index (χ2v) is 4.90. The number of imidazole rings is 2. The number of halogens is 1. The molecule has 0 saturated heterocycles. The summed E-state index contributed by atoms with van der Waals surface area (Å²) in [7, 11) is 0. The molecule has 2 N–H and O–H groups in total. The lowest BCUT2D eigenvalue weighted by molar-refractivity contribution is 1.23. The van der Waals surface area contributed by atoms with Crippen LogP contribution in [-0.2, 0) is 0 Å². The number of nitrogens with zero attached hydrogens (tertiary/aromatic N) is 2. The van der Waals surface area contributed by atoms with E-state index in [1.54, 1.807) is 12.4 Å². The van der Waals surface area contributed by atoms with Crippen LogP contribution in [0.3, 0.4) is 0 Å². The van der Waals surface area contributed by atoms with E-state index in [0.29, 0.717) is 5.02 Å². The molecule has 0 aliphatic heterocycles. The van der Waals surface area contributed by atoms with Gasteiger partial charge in [-0.2, -0.15) is 0 Å². The molecule has 0 radical (unpaired) electrons. The van der Waals surface area contributed by atoms with Gasteiger partial charge in [-0.1, -0.05) is 23.7 Å². The van der Waals surface area contributed by atoms with Gasteiger partial charge < -0.3 is 9.97 Å². The van der Waals surface area contributed by atoms with Crippen LogP contribution < -0.4 is 0 Å². The zero-order valence-electron chi connectivity index (χ0n) is 10.7. The van der Waals surface area contributed by atoms with Crippen molar-refractivity contribution in [2.24, 2.45) is 0 Å². The molecular weight excluding hydrogens is 260 g/mol. The molecule has 0 atom stereocenters. The topological polar surface area (TPSA) is 57.4 Å². The lowest BCUT2D eigenvalue weighted by atomic mass is 10.1. The van der Waals surface area contributed by atoms with Crippen LogP contribution in [0.5, 0.6) is 0 Å². The molecule has 4 nitrogen and oxygen atoms in total. The van der Waals surface area contributed by atoms with Crippen molar-refractivity contribution < 1.29 is 0 Å². The lowest BCUT2D eigenvalue weighted by Gasteiger charge is -2.07. The van der Waals surface area contributed by atoms with Gasteiger partial charge in [-0.3, -0.25) is 0 Å². The number of H-pyrrole nitrogens is 2. The number of aromatic nitrogens is 4. The summed E-state index contributed by atoms with van der Waals surface area (Å²) in [5.41, 5.74) is 3.81. The minimum atomic E-state index is 0.654. The van der Waals surface area contributed by atoms with E-state index < -0.39 is 0 Å². The van der Waals surface area contributed by atoms with Gasteiger partial charge in [-0.05, 0) is 19.9 Å². The van der Waals surface area contributed by atoms with E-state index in [4.69, 9.17) is 11.6 Å². The van der Waals surface area contributed by atoms with Crippen LogP contribution >= 0.6 is 11.6 Å². The molecular formula is C14H13ClN4. The number of rotatable bonds is 2. The predicted octanol–water partition coefficient (Wildman–Crippen LogP) is 3.74. The molecule has 3 aromatic rings. The second kappa shape index (κ2) is 4.55. The summed E-state index contributed by atoms with van der Waals surface area (Å²) in [5, 5.41) is 0.654. The van der Waals surface area contributed by atoms with Crippen LogP contribution in [0.2, 0.25) is 5.02 Å². The predicted molar refractivity (Wildman–Crippen MR) is 76.1 cm³/mol. The largest absolute Gasteiger partial charge is 0.342 e. The fourth-order valence-electron chi connectivity index (χ4n) is 2.05. The first kappa shape index (κ1) is 12.0. The molecule has 0 spiro atoms. The third-order valence-corrected chi connectivity index (χ3v) is 3.23. The fourth-order valence-corrected chi connectivity index (χ4v) is 2.32. The van der Waals surface area contributed by atoms with Crippen molar-refractivity contribution in [1.29, 1.82) is 0 Å². The van der Waals surface area contributed by atoms with E-state index in [-0.39, 0.29) is 0 Å². The molecule has 1 aromatic carbocycles. The Morgan fingerprint density at radius 1 is 0.947 bits per heavy atom. The number of benzene rings is 1. The van der Waals surface area contributed by atoms with Crippen LogP contribution in [0.25, 0.3) is 22.8 Å². The first-order valence-corrected chi connectivity index (χ1v) is 6.35. The standard InChI is InChI=1S/C14H13ClN4/c1-8-6-16-13(18-8)10-4-3-5-11(15)12(10)14-17-7-9(2)19-14/h3-7H,1-2H3,(H,16,18)(H,17,19). The number of hydrogen-bond donors (Lipinski definition) is 2. The Bertz CT molecular complexity index is 727. The third kappa shape index (κ3) is 2.15. The summed E-state index contributed by atoms with van der Waals surface area (Å²) in [5.74, 6) is 1.55. The maximum atomic E-state index is 6.33. The number of aromatic amines is 2. The Labute approximate surface area is 115 Å². The highest BCUT2D eigenvalue weighted by Gasteiger charge is 2.15. The molecule has 0 fully saturated rings. The Hall–Kier alpha value is -2.07. The minimum Gasteiger partial charge on any atom is -0.342 e. The number of hydrogen-bond acceptors (Lipinski definition) is 2. The van der Waals surface area contributed by atoms with Gasteiger partial charge in [-0.15, -0.1) is 0 Å². The molecule has 96 valence electrons. The molecule has 5 heteroatoms. The zero-order valence-corrected chi connectivity index (χ0v) is 11.4. The zero-order chi connectivity index (χ0) is 13.4. The Morgan fingerprint density at radius 3 is 2.16 bits per heavy atom. The minimum absolute atomic E-state index is 0.654. The van der Waals surface area contributed by atoms with Gasteiger partial charge >= 0.3 is 0 Å². The average molecular weight is 273 g/mol. The first-order valence-electron chi connectivity index (χ1n) is 5.97. The van der Waals surface area contributed by atoms with Gasteiger partial charge in [-0.25, -0.2) is 9.97 Å². The van der Waals surface area contributed by atoms with Crippen LogP contribution in [0.4, 0.5) is 0 Å². The molecule has 0 amide bonds. The Balaban J connectivity index is 2.23. The van der Waals surface area contributed by atoms with E-state index in [1.165, 1.54) is 0 Å². The summed E-state index contributed by atoms with van der Waals surface area (Å²) in [6.07, 6.45) is 3.59. The molecule has 19 heavy (non-hydrogen) atoms. The molecule has 0 bridgehead atoms. The van der Waals surface area contributed by atoms with Gasteiger partial charge in [0.15, 0.2) is 0 Å². The van der Waals surface area contributed by atoms with Gasteiger partial charge in [0.1, 0.15) is 11.6 Å². The van der Waals surface area contributed by atoms with Crippen molar-refractivity contribution in [3.63, 3.8) is 0 Å². The van der Waals surface area contributed by atoms with Crippen molar-refractivity contribution >= 4 is 11.6 Å². The maximum Gasteiger partial charge on any atom is 0.139 e. The highest BCUT2D eigenvalue weighted by atomic mass is 35.5. The summed E-state index contributed by atoms with van der Waals surface area (Å²) in [6.45, 7) is 3.93. The highest BCUT2D eigenvalue weighted by molar-refractivity contribution is 6.33. The van der Waals surface area contributed by atoms with E-state index in [9.17, 15) is 0 Å². The van der Waals surface area contributed by atoms with Gasteiger partial charge in [0.2, 0.25) is 0 Å². The third-order valence-electron chi connectivity index (χ3n) is 2.91. The fraction of sp³-hybridized carbons (Fsp3) is 0.143. The smallest absolute Gasteiger partial charge is 0.139 e. The van der Waals surface area contributed by atoms with E-state index in [2.05, 4.69) is 19.9 Å². The summed E-state index contributed by atoms with van der Waals surface area (Å²) in [6, 6.07) is 5.75. The maximum absolute atomic E-state index is 6.33. The summed E-state index contributed by atoms with van der Waals surface area (Å²) < 4.78 is 0. The molecule has 2 heterocycles. The molecule has 2 aromatic heterocycles. The normalized spacial score (nSPS) is 10.9. The highest BCUT2D eigenvalue weighted by Crippen LogP contribution is 2.34. The molecule has 0 aliphatic carbocycles. The van der Waals surface area contributed by atoms with E-state index >= 15 is 0 Å². The van der Waals surface area contributed by atoms with Gasteiger partial charge in [0.05, 0.1) is 5.02 Å². The van der Waals surface area contributed by atoms with Crippen molar-refractivity contribution in [3.8, 4) is 22.8 Å². The van der Waals surface area contributed by atoms with Crippen molar-refractivity contribution in [2.75, 3.05) is 0 Å². The van der Waals surface area contributed by atoms with Crippen LogP contribution in [0.1, 0.15) is 11.4 Å². The summed E-state index contributed by atoms with van der Waals surface area (Å²) in [4.78, 5) is 15.2. The Kier molecular flexibility index (Phi) is 2.87. The monoisotopic (exact) mass is 272 g/mol. The Morgan fingerprint density at radius 2 is 1.58 bits per heavy atom. The van der Waals surface area contributed by atoms with Crippen molar-refractivity contribution in [3.05, 3.63) is 47.0 Å². The van der Waals surface area contributed by atoms with E-state index in [0.717, 1.165) is 34.2 Å². The van der Waals surface area contributed by atoms with Crippen LogP contribution in [0, 0.1) is 13.8 Å². The quantitative estimate of drug-likeness (QED) is 0.747. The van der Waals surface area contributed by atoms with Crippen molar-refractivity contribution in [1.82, 2.24) is 19.9 Å². The average Bonchev–Trinajstić information content (AvgIpc) is 2.98. The van der Waals surface area contributed by atoms with Gasteiger partial charge in [0, 0.05) is 34.9 Å². The van der Waals surface area contributed by atoms with Crippen molar-refractivity contribution in [2.45, 2.75) is 13.8 Å². The lowest BCUT2D eigenvalue weighted by Crippen LogP contribution is -1.90. The molecule has 0 aliphatic rings. The summed E-state index contributed by atoms with van der Waals surface area (Å²) >= 11 is 6.33. The molecule has 0 unspecified atom stereocenters. The molecule has 3 rings (SSSR count). The van der Waals surface area contributed by atoms with Crippen LogP contribution in [-0.4, -0.2) is 19.9 Å².